The molecule has 7 nitrogen and oxygen atoms in total. The number of carbonyl (C=O) groups excluding carboxylic acids is 1. The number of aromatic nitrogens is 1. The van der Waals surface area contributed by atoms with Crippen LogP contribution in [0.1, 0.15) is 46.2 Å². The quantitative estimate of drug-likeness (QED) is 0.537. The number of nitrogens with zero attached hydrogens (tertiary/aromatic N) is 1. The van der Waals surface area contributed by atoms with E-state index in [1.54, 1.807) is 50.4 Å². The second-order valence-electron chi connectivity index (χ2n) is 8.15. The number of benzene rings is 2. The molecule has 4 rings (SSSR count). The van der Waals surface area contributed by atoms with Crippen LogP contribution in [-0.4, -0.2) is 26.0 Å². The molecular formula is C24H27N3O4S. The van der Waals surface area contributed by atoms with Gasteiger partial charge in [-0.05, 0) is 81.6 Å². The van der Waals surface area contributed by atoms with Crippen LogP contribution in [0.5, 0.6) is 5.75 Å². The Labute approximate surface area is 188 Å². The molecule has 1 aliphatic carbocycles. The molecule has 8 heteroatoms. The van der Waals surface area contributed by atoms with E-state index in [1.165, 1.54) is 6.07 Å². The molecule has 1 aromatic heterocycles. The third-order valence-corrected chi connectivity index (χ3v) is 7.24. The van der Waals surface area contributed by atoms with Crippen molar-refractivity contribution < 1.29 is 17.9 Å². The summed E-state index contributed by atoms with van der Waals surface area (Å²) >= 11 is 0. The highest BCUT2D eigenvalue weighted by molar-refractivity contribution is 7.92. The molecule has 0 radical (unpaired) electrons. The van der Waals surface area contributed by atoms with E-state index in [9.17, 15) is 13.2 Å². The number of hydrogen-bond donors (Lipinski definition) is 2. The number of carbonyl (C=O) groups is 1. The van der Waals surface area contributed by atoms with Gasteiger partial charge in [0.25, 0.3) is 15.9 Å². The van der Waals surface area contributed by atoms with Gasteiger partial charge in [-0.3, -0.25) is 9.52 Å². The molecule has 0 bridgehead atoms. The van der Waals surface area contributed by atoms with Gasteiger partial charge in [0.15, 0.2) is 0 Å². The van der Waals surface area contributed by atoms with Gasteiger partial charge < -0.3 is 14.6 Å². The van der Waals surface area contributed by atoms with Crippen molar-refractivity contribution in [2.75, 3.05) is 17.1 Å². The number of hydrogen-bond acceptors (Lipinski definition) is 4. The summed E-state index contributed by atoms with van der Waals surface area (Å²) in [6.07, 6.45) is 2.27. The predicted molar refractivity (Wildman–Crippen MR) is 125 cm³/mol. The van der Waals surface area contributed by atoms with Crippen LogP contribution >= 0.6 is 0 Å². The van der Waals surface area contributed by atoms with Gasteiger partial charge in [-0.15, -0.1) is 0 Å². The summed E-state index contributed by atoms with van der Waals surface area (Å²) in [6.45, 7) is 5.67. The fourth-order valence-electron chi connectivity index (χ4n) is 3.94. The first-order valence-corrected chi connectivity index (χ1v) is 11.9. The van der Waals surface area contributed by atoms with Crippen LogP contribution in [-0.2, 0) is 10.0 Å². The minimum Gasteiger partial charge on any atom is -0.497 e. The largest absolute Gasteiger partial charge is 0.497 e. The van der Waals surface area contributed by atoms with Crippen molar-refractivity contribution in [2.45, 2.75) is 44.6 Å². The third-order valence-electron chi connectivity index (χ3n) is 5.72. The lowest BCUT2D eigenvalue weighted by molar-refractivity contribution is 0.102. The molecule has 2 aromatic carbocycles. The number of sulfonamides is 1. The van der Waals surface area contributed by atoms with Crippen molar-refractivity contribution in [1.82, 2.24) is 4.57 Å². The topological polar surface area (TPSA) is 89.4 Å². The summed E-state index contributed by atoms with van der Waals surface area (Å²) in [6, 6.07) is 13.9. The zero-order chi connectivity index (χ0) is 23.0. The maximum Gasteiger partial charge on any atom is 0.262 e. The van der Waals surface area contributed by atoms with Crippen LogP contribution in [0.4, 0.5) is 11.4 Å². The molecule has 0 aliphatic heterocycles. The van der Waals surface area contributed by atoms with Crippen molar-refractivity contribution >= 4 is 27.3 Å². The number of rotatable bonds is 7. The number of amides is 1. The highest BCUT2D eigenvalue weighted by Crippen LogP contribution is 2.38. The van der Waals surface area contributed by atoms with Crippen molar-refractivity contribution in [2.24, 2.45) is 0 Å². The molecule has 3 aromatic rings. The van der Waals surface area contributed by atoms with Gasteiger partial charge in [0.05, 0.1) is 17.6 Å². The van der Waals surface area contributed by atoms with Crippen LogP contribution in [0, 0.1) is 20.8 Å². The summed E-state index contributed by atoms with van der Waals surface area (Å²) in [5.41, 5.74) is 4.03. The van der Waals surface area contributed by atoms with Crippen LogP contribution in [0.25, 0.3) is 0 Å². The maximum atomic E-state index is 13.0. The highest BCUT2D eigenvalue weighted by Gasteiger charge is 2.28. The lowest BCUT2D eigenvalue weighted by atomic mass is 10.2. The molecule has 2 N–H and O–H groups in total. The maximum absolute atomic E-state index is 13.0. The van der Waals surface area contributed by atoms with Gasteiger partial charge in [-0.1, -0.05) is 6.07 Å². The van der Waals surface area contributed by atoms with Gasteiger partial charge >= 0.3 is 0 Å². The average molecular weight is 454 g/mol. The number of nitrogens with one attached hydrogen (secondary N) is 2. The zero-order valence-electron chi connectivity index (χ0n) is 18.6. The minimum absolute atomic E-state index is 0.106. The standard InChI is InChI=1S/C24H27N3O4S/c1-15-5-6-19(25-24(28)22-13-16(2)27(17(22)3)20-9-10-20)14-23(15)32(29,30)26-18-7-11-21(31-4)12-8-18/h5-8,11-14,20,26H,9-10H2,1-4H3,(H,25,28). The fourth-order valence-corrected chi connectivity index (χ4v) is 5.27. The Bertz CT molecular complexity index is 1270. The van der Waals surface area contributed by atoms with Crippen molar-refractivity contribution in [3.63, 3.8) is 0 Å². The van der Waals surface area contributed by atoms with E-state index in [4.69, 9.17) is 4.74 Å². The average Bonchev–Trinajstić information content (AvgIpc) is 3.53. The van der Waals surface area contributed by atoms with E-state index in [1.807, 2.05) is 19.9 Å². The Balaban J connectivity index is 1.57. The SMILES string of the molecule is COc1ccc(NS(=O)(=O)c2cc(NC(=O)c3cc(C)n(C4CC4)c3C)ccc2C)cc1. The van der Waals surface area contributed by atoms with Crippen LogP contribution in [0.2, 0.25) is 0 Å². The van der Waals surface area contributed by atoms with E-state index < -0.39 is 10.0 Å². The second kappa shape index (κ2) is 8.35. The number of anilines is 2. The molecule has 1 saturated carbocycles. The Morgan fingerprint density at radius 3 is 2.28 bits per heavy atom. The smallest absolute Gasteiger partial charge is 0.262 e. The zero-order valence-corrected chi connectivity index (χ0v) is 19.4. The van der Waals surface area contributed by atoms with Crippen LogP contribution < -0.4 is 14.8 Å². The van der Waals surface area contributed by atoms with Gasteiger partial charge in [0, 0.05) is 28.8 Å². The molecular weight excluding hydrogens is 426 g/mol. The van der Waals surface area contributed by atoms with Crippen molar-refractivity contribution in [1.29, 1.82) is 0 Å². The molecule has 1 heterocycles. The summed E-state index contributed by atoms with van der Waals surface area (Å²) in [5.74, 6) is 0.384. The second-order valence-corrected chi connectivity index (χ2v) is 9.81. The normalized spacial score (nSPS) is 13.6. The number of aryl methyl sites for hydroxylation is 2. The fraction of sp³-hybridized carbons (Fsp3) is 0.292. The molecule has 1 fully saturated rings. The number of methoxy groups -OCH3 is 1. The summed E-state index contributed by atoms with van der Waals surface area (Å²) in [5, 5.41) is 2.86. The summed E-state index contributed by atoms with van der Waals surface area (Å²) in [4.78, 5) is 13.0. The molecule has 168 valence electrons. The van der Waals surface area contributed by atoms with Crippen LogP contribution in [0.3, 0.4) is 0 Å². The Morgan fingerprint density at radius 2 is 1.66 bits per heavy atom. The van der Waals surface area contributed by atoms with Crippen molar-refractivity contribution in [3.05, 3.63) is 71.0 Å². The highest BCUT2D eigenvalue weighted by atomic mass is 32.2. The van der Waals surface area contributed by atoms with Gasteiger partial charge in [-0.25, -0.2) is 8.42 Å². The van der Waals surface area contributed by atoms with E-state index in [0.717, 1.165) is 24.2 Å². The Morgan fingerprint density at radius 1 is 1.00 bits per heavy atom. The van der Waals surface area contributed by atoms with E-state index in [-0.39, 0.29) is 10.8 Å². The van der Waals surface area contributed by atoms with Gasteiger partial charge in [0.1, 0.15) is 5.75 Å². The van der Waals surface area contributed by atoms with E-state index in [2.05, 4.69) is 14.6 Å². The molecule has 1 amide bonds. The molecule has 0 atom stereocenters. The van der Waals surface area contributed by atoms with Gasteiger partial charge in [0.2, 0.25) is 0 Å². The lowest BCUT2D eigenvalue weighted by Crippen LogP contribution is -2.16. The molecule has 0 unspecified atom stereocenters. The molecule has 0 saturated heterocycles. The first kappa shape index (κ1) is 22.0. The predicted octanol–water partition coefficient (Wildman–Crippen LogP) is 4.81. The first-order chi connectivity index (χ1) is 15.2. The summed E-state index contributed by atoms with van der Waals surface area (Å²) < 4.78 is 35.9. The minimum atomic E-state index is -3.85. The molecule has 0 spiro atoms. The molecule has 32 heavy (non-hydrogen) atoms. The van der Waals surface area contributed by atoms with Gasteiger partial charge in [-0.2, -0.15) is 0 Å². The van der Waals surface area contributed by atoms with E-state index >= 15 is 0 Å². The third kappa shape index (κ3) is 4.36. The Hall–Kier alpha value is -3.26. The van der Waals surface area contributed by atoms with Crippen molar-refractivity contribution in [3.8, 4) is 5.75 Å². The monoisotopic (exact) mass is 453 g/mol. The first-order valence-electron chi connectivity index (χ1n) is 10.5. The Kier molecular flexibility index (Phi) is 5.73. The lowest BCUT2D eigenvalue weighted by Gasteiger charge is -2.13. The summed E-state index contributed by atoms with van der Waals surface area (Å²) in [7, 11) is -2.30. The van der Waals surface area contributed by atoms with E-state index in [0.29, 0.717) is 34.3 Å². The number of ether oxygens (including phenoxy) is 1. The van der Waals surface area contributed by atoms with Crippen LogP contribution in [0.15, 0.2) is 53.4 Å². The molecule has 1 aliphatic rings.